The Kier molecular flexibility index (Phi) is 9.58. The predicted molar refractivity (Wildman–Crippen MR) is 202 cm³/mol. The number of methoxy groups -OCH3 is 1. The van der Waals surface area contributed by atoms with Gasteiger partial charge < -0.3 is 29.1 Å². The summed E-state index contributed by atoms with van der Waals surface area (Å²) >= 11 is 0. The standard InChI is InChI=1S/C41H47N3O8Si/c1-7-18-42-34-17-12-29(44-37(48)22-38(44)51-26(3)46)20-33(34)41(40(42)49)25(2)39(53(5,6)32-15-13-31(50-4)14-16-32)35(52-41)21-36(47)43-23-28-11-9-8-10-27(28)19-30(43)24-45/h7-17,20,25,30,35,38-39,45H,1,18-19,21-24H2,2-6H3/t25-,30-,35+,38?,39-,41+/m0/s1. The first-order valence-corrected chi connectivity index (χ1v) is 21.3. The maximum atomic E-state index is 15.0. The van der Waals surface area contributed by atoms with Crippen LogP contribution in [0, 0.1) is 5.92 Å². The topological polar surface area (TPSA) is 126 Å². The van der Waals surface area contributed by atoms with Crippen LogP contribution in [0.2, 0.25) is 18.6 Å². The third-order valence-electron chi connectivity index (χ3n) is 11.9. The van der Waals surface area contributed by atoms with Gasteiger partial charge in [-0.2, -0.15) is 0 Å². The number of carbonyl (C=O) groups is 4. The Morgan fingerprint density at radius 1 is 1.06 bits per heavy atom. The summed E-state index contributed by atoms with van der Waals surface area (Å²) in [5.41, 5.74) is 2.22. The summed E-state index contributed by atoms with van der Waals surface area (Å²) in [6.45, 7) is 12.2. The maximum Gasteiger partial charge on any atom is 0.304 e. The van der Waals surface area contributed by atoms with Crippen LogP contribution in [0.25, 0.3) is 0 Å². The zero-order chi connectivity index (χ0) is 37.8. The molecule has 0 saturated carbocycles. The molecule has 0 aliphatic carbocycles. The minimum Gasteiger partial charge on any atom is -0.497 e. The summed E-state index contributed by atoms with van der Waals surface area (Å²) < 4.78 is 18.1. The average molecular weight is 738 g/mol. The fourth-order valence-corrected chi connectivity index (χ4v) is 13.3. The zero-order valence-electron chi connectivity index (χ0n) is 30.9. The Hall–Kier alpha value is -4.78. The van der Waals surface area contributed by atoms with Crippen molar-refractivity contribution < 1.29 is 38.5 Å². The highest BCUT2D eigenvalue weighted by molar-refractivity contribution is 6.91. The molecule has 3 aromatic carbocycles. The number of amides is 3. The number of hydrogen-bond acceptors (Lipinski definition) is 8. The van der Waals surface area contributed by atoms with Crippen LogP contribution in [0.5, 0.6) is 5.75 Å². The number of esters is 1. The molecule has 6 atom stereocenters. The lowest BCUT2D eigenvalue weighted by molar-refractivity contribution is -0.154. The van der Waals surface area contributed by atoms with Gasteiger partial charge in [0.05, 0.1) is 52.5 Å². The minimum absolute atomic E-state index is 0.0188. The van der Waals surface area contributed by atoms with Gasteiger partial charge in [0.2, 0.25) is 11.8 Å². The molecule has 1 N–H and O–H groups in total. The smallest absolute Gasteiger partial charge is 0.304 e. The molecule has 0 radical (unpaired) electrons. The third-order valence-corrected chi connectivity index (χ3v) is 16.2. The molecule has 2 fully saturated rings. The van der Waals surface area contributed by atoms with Gasteiger partial charge in [-0.05, 0) is 53.4 Å². The molecule has 0 bridgehead atoms. The van der Waals surface area contributed by atoms with E-state index >= 15 is 0 Å². The van der Waals surface area contributed by atoms with Crippen LogP contribution in [0.4, 0.5) is 11.4 Å². The van der Waals surface area contributed by atoms with Crippen molar-refractivity contribution in [2.24, 2.45) is 5.92 Å². The van der Waals surface area contributed by atoms with Crippen molar-refractivity contribution in [1.82, 2.24) is 4.90 Å². The van der Waals surface area contributed by atoms with Crippen molar-refractivity contribution in [2.45, 2.75) is 82.3 Å². The molecule has 2 saturated heterocycles. The SMILES string of the molecule is C=CCN1C(=O)[C@]2(O[C@H](CC(=O)N3Cc4ccccc4C[C@H]3CO)[C@@H]([Si](C)(C)c3ccc(OC)cc3)[C@@H]2C)c2cc(N3C(=O)CC3OC(C)=O)ccc21. The molecule has 12 heteroatoms. The largest absolute Gasteiger partial charge is 0.497 e. The normalized spacial score (nSPS) is 26.3. The van der Waals surface area contributed by atoms with Crippen molar-refractivity contribution in [3.8, 4) is 5.75 Å². The summed E-state index contributed by atoms with van der Waals surface area (Å²) in [6, 6.07) is 21.0. The van der Waals surface area contributed by atoms with E-state index in [2.05, 4.69) is 31.8 Å². The average Bonchev–Trinajstić information content (AvgIpc) is 3.56. The van der Waals surface area contributed by atoms with Gasteiger partial charge in [0.15, 0.2) is 11.8 Å². The molecule has 11 nitrogen and oxygen atoms in total. The van der Waals surface area contributed by atoms with Crippen LogP contribution in [0.1, 0.15) is 43.4 Å². The van der Waals surface area contributed by atoms with Crippen LogP contribution in [-0.2, 0) is 47.2 Å². The summed E-state index contributed by atoms with van der Waals surface area (Å²) in [7, 11) is -0.949. The molecular weight excluding hydrogens is 691 g/mol. The van der Waals surface area contributed by atoms with Crippen molar-refractivity contribution in [1.29, 1.82) is 0 Å². The Morgan fingerprint density at radius 2 is 1.77 bits per heavy atom. The second-order valence-electron chi connectivity index (χ2n) is 15.1. The number of ether oxygens (including phenoxy) is 3. The van der Waals surface area contributed by atoms with E-state index in [1.165, 1.54) is 11.8 Å². The number of aliphatic hydroxyl groups is 1. The van der Waals surface area contributed by atoms with Gasteiger partial charge in [0.25, 0.3) is 5.91 Å². The molecule has 4 aliphatic rings. The number of fused-ring (bicyclic) bond motifs is 3. The number of carbonyl (C=O) groups excluding carboxylic acids is 4. The lowest BCUT2D eigenvalue weighted by Gasteiger charge is -2.39. The van der Waals surface area contributed by atoms with E-state index in [0.29, 0.717) is 29.9 Å². The number of aliphatic hydroxyl groups excluding tert-OH is 1. The monoisotopic (exact) mass is 737 g/mol. The summed E-state index contributed by atoms with van der Waals surface area (Å²) in [6.07, 6.45) is 0.911. The summed E-state index contributed by atoms with van der Waals surface area (Å²) in [5, 5.41) is 11.6. The highest BCUT2D eigenvalue weighted by Gasteiger charge is 2.66. The Morgan fingerprint density at radius 3 is 2.42 bits per heavy atom. The Bertz CT molecular complexity index is 1970. The van der Waals surface area contributed by atoms with Gasteiger partial charge in [-0.1, -0.05) is 67.7 Å². The van der Waals surface area contributed by atoms with Crippen LogP contribution in [0.3, 0.4) is 0 Å². The number of nitrogens with zero attached hydrogens (tertiary/aromatic N) is 3. The van der Waals surface area contributed by atoms with Gasteiger partial charge in [-0.25, -0.2) is 0 Å². The fourth-order valence-electron chi connectivity index (χ4n) is 9.28. The molecule has 1 unspecified atom stereocenters. The first-order chi connectivity index (χ1) is 25.3. The quantitative estimate of drug-likeness (QED) is 0.141. The third kappa shape index (κ3) is 5.96. The van der Waals surface area contributed by atoms with Crippen LogP contribution in [-0.4, -0.2) is 80.4 Å². The number of anilines is 2. The highest BCUT2D eigenvalue weighted by atomic mass is 28.3. The van der Waals surface area contributed by atoms with E-state index in [4.69, 9.17) is 14.2 Å². The number of hydrogen-bond donors (Lipinski definition) is 1. The molecule has 4 heterocycles. The molecule has 7 rings (SSSR count). The maximum absolute atomic E-state index is 15.0. The number of benzene rings is 3. The van der Waals surface area contributed by atoms with Crippen LogP contribution >= 0.6 is 0 Å². The first-order valence-electron chi connectivity index (χ1n) is 18.2. The predicted octanol–water partition coefficient (Wildman–Crippen LogP) is 4.41. The van der Waals surface area contributed by atoms with Gasteiger partial charge in [0.1, 0.15) is 5.75 Å². The molecule has 1 spiro atoms. The minimum atomic E-state index is -2.58. The van der Waals surface area contributed by atoms with Gasteiger partial charge in [-0.15, -0.1) is 6.58 Å². The molecule has 4 aliphatic heterocycles. The first kappa shape index (κ1) is 36.6. The zero-order valence-corrected chi connectivity index (χ0v) is 31.9. The van der Waals surface area contributed by atoms with Crippen LogP contribution < -0.4 is 19.7 Å². The van der Waals surface area contributed by atoms with Crippen molar-refractivity contribution >= 4 is 48.3 Å². The second-order valence-corrected chi connectivity index (χ2v) is 19.8. The van der Waals surface area contributed by atoms with Gasteiger partial charge >= 0.3 is 5.97 Å². The molecule has 3 aromatic rings. The lowest BCUT2D eigenvalue weighted by atomic mass is 9.82. The molecule has 53 heavy (non-hydrogen) atoms. The van der Waals surface area contributed by atoms with Crippen molar-refractivity contribution in [3.05, 3.63) is 96.1 Å². The molecule has 278 valence electrons. The molecule has 0 aromatic heterocycles. The van der Waals surface area contributed by atoms with Crippen molar-refractivity contribution in [2.75, 3.05) is 30.1 Å². The Balaban J connectivity index is 1.32. The van der Waals surface area contributed by atoms with E-state index in [1.54, 1.807) is 29.1 Å². The lowest BCUT2D eigenvalue weighted by Crippen LogP contribution is -2.55. The Labute approximate surface area is 311 Å². The van der Waals surface area contributed by atoms with Crippen LogP contribution in [0.15, 0.2) is 79.4 Å². The van der Waals surface area contributed by atoms with Crippen molar-refractivity contribution in [3.63, 3.8) is 0 Å². The highest BCUT2D eigenvalue weighted by Crippen LogP contribution is 2.60. The molecular formula is C41H47N3O8Si. The fraction of sp³-hybridized carbons (Fsp3) is 0.415. The van der Waals surface area contributed by atoms with E-state index in [1.807, 2.05) is 55.5 Å². The summed E-state index contributed by atoms with van der Waals surface area (Å²) in [5.74, 6) is -0.746. The van der Waals surface area contributed by atoms with E-state index in [9.17, 15) is 24.3 Å². The van der Waals surface area contributed by atoms with E-state index in [0.717, 1.165) is 22.1 Å². The van der Waals surface area contributed by atoms with E-state index < -0.39 is 37.9 Å². The summed E-state index contributed by atoms with van der Waals surface area (Å²) in [4.78, 5) is 59.1. The number of β-lactam (4-membered cyclic amide) rings is 1. The van der Waals surface area contributed by atoms with Gasteiger partial charge in [0, 0.05) is 37.2 Å². The van der Waals surface area contributed by atoms with E-state index in [-0.39, 0.29) is 55.3 Å². The second kappa shape index (κ2) is 13.9. The number of rotatable bonds is 10. The van der Waals surface area contributed by atoms with Gasteiger partial charge in [-0.3, -0.25) is 24.1 Å². The molecule has 3 amide bonds.